The second-order valence-electron chi connectivity index (χ2n) is 4.82. The van der Waals surface area contributed by atoms with Gasteiger partial charge in [-0.3, -0.25) is 0 Å². The van der Waals surface area contributed by atoms with Gasteiger partial charge in [0.2, 0.25) is 0 Å². The van der Waals surface area contributed by atoms with Crippen LogP contribution in [0.3, 0.4) is 0 Å². The highest BCUT2D eigenvalue weighted by molar-refractivity contribution is 5.86. The van der Waals surface area contributed by atoms with E-state index in [1.807, 2.05) is 13.8 Å². The topological polar surface area (TPSA) is 35.5 Å². The van der Waals surface area contributed by atoms with Crippen LogP contribution in [-0.2, 0) is 14.3 Å². The monoisotopic (exact) mass is 214 g/mol. The van der Waals surface area contributed by atoms with Crippen molar-refractivity contribution in [2.45, 2.75) is 40.2 Å². The molecule has 0 aliphatic heterocycles. The van der Waals surface area contributed by atoms with Crippen molar-refractivity contribution in [3.05, 3.63) is 12.2 Å². The van der Waals surface area contributed by atoms with E-state index in [-0.39, 0.29) is 12.6 Å². The maximum atomic E-state index is 11.2. The molecule has 0 heterocycles. The number of hydrogen-bond donors (Lipinski definition) is 0. The zero-order valence-electron chi connectivity index (χ0n) is 10.4. The molecular weight excluding hydrogens is 192 g/mol. The summed E-state index contributed by atoms with van der Waals surface area (Å²) in [5, 5.41) is 0. The second-order valence-corrected chi connectivity index (χ2v) is 4.82. The number of esters is 1. The molecule has 0 N–H and O–H groups in total. The molecule has 0 unspecified atom stereocenters. The average molecular weight is 214 g/mol. The molecule has 0 saturated heterocycles. The third-order valence-corrected chi connectivity index (χ3v) is 1.71. The van der Waals surface area contributed by atoms with E-state index in [9.17, 15) is 4.79 Å². The number of rotatable bonds is 6. The van der Waals surface area contributed by atoms with Crippen LogP contribution >= 0.6 is 0 Å². The van der Waals surface area contributed by atoms with E-state index in [0.29, 0.717) is 18.1 Å². The molecule has 0 aromatic rings. The number of ether oxygens (including phenoxy) is 2. The zero-order valence-corrected chi connectivity index (χ0v) is 10.4. The smallest absolute Gasteiger partial charge is 0.333 e. The van der Waals surface area contributed by atoms with E-state index in [2.05, 4.69) is 20.4 Å². The van der Waals surface area contributed by atoms with Crippen LogP contribution in [0.4, 0.5) is 0 Å². The Morgan fingerprint density at radius 3 is 2.33 bits per heavy atom. The first kappa shape index (κ1) is 14.2. The molecule has 15 heavy (non-hydrogen) atoms. The Bertz CT molecular complexity index is 229. The summed E-state index contributed by atoms with van der Waals surface area (Å²) in [6, 6.07) is 0. The summed E-state index contributed by atoms with van der Waals surface area (Å²) in [4.78, 5) is 11.2. The third kappa shape index (κ3) is 7.14. The van der Waals surface area contributed by atoms with E-state index in [0.717, 1.165) is 0 Å². The molecule has 0 saturated carbocycles. The highest BCUT2D eigenvalue weighted by atomic mass is 16.6. The first-order chi connectivity index (χ1) is 6.74. The first-order valence-corrected chi connectivity index (χ1v) is 5.21. The number of hydrogen-bond acceptors (Lipinski definition) is 3. The van der Waals surface area contributed by atoms with Gasteiger partial charge in [-0.15, -0.1) is 0 Å². The molecule has 0 atom stereocenters. The third-order valence-electron chi connectivity index (χ3n) is 1.71. The fourth-order valence-corrected chi connectivity index (χ4v) is 0.796. The highest BCUT2D eigenvalue weighted by Crippen LogP contribution is 2.12. The summed E-state index contributed by atoms with van der Waals surface area (Å²) in [6.45, 7) is 14.0. The summed E-state index contributed by atoms with van der Waals surface area (Å²) in [5.74, 6) is 0.109. The van der Waals surface area contributed by atoms with Gasteiger partial charge in [0.25, 0.3) is 0 Å². The zero-order chi connectivity index (χ0) is 12.1. The fraction of sp³-hybridized carbons (Fsp3) is 0.750. The average Bonchev–Trinajstić information content (AvgIpc) is 2.11. The largest absolute Gasteiger partial charge is 0.459 e. The van der Waals surface area contributed by atoms with Crippen LogP contribution in [0.5, 0.6) is 0 Å². The van der Waals surface area contributed by atoms with Crippen molar-refractivity contribution in [3.63, 3.8) is 0 Å². The molecule has 0 amide bonds. The molecule has 3 nitrogen and oxygen atoms in total. The standard InChI is InChI=1S/C12H22O3/c1-9(2)7-15-12(5,6)8-14-11(13)10(3)4/h9H,3,7-8H2,1-2,4-6H3. The van der Waals surface area contributed by atoms with Crippen LogP contribution in [0.25, 0.3) is 0 Å². The lowest BCUT2D eigenvalue weighted by molar-refractivity contribution is -0.149. The predicted octanol–water partition coefficient (Wildman–Crippen LogP) is 2.56. The quantitative estimate of drug-likeness (QED) is 0.503. The second kappa shape index (κ2) is 5.91. The van der Waals surface area contributed by atoms with E-state index in [1.54, 1.807) is 6.92 Å². The van der Waals surface area contributed by atoms with Gasteiger partial charge in [0.15, 0.2) is 0 Å². The first-order valence-electron chi connectivity index (χ1n) is 5.21. The number of carbonyl (C=O) groups is 1. The molecule has 0 rings (SSSR count). The highest BCUT2D eigenvalue weighted by Gasteiger charge is 2.21. The molecule has 0 fully saturated rings. The Morgan fingerprint density at radius 1 is 1.40 bits per heavy atom. The van der Waals surface area contributed by atoms with Crippen molar-refractivity contribution >= 4 is 5.97 Å². The van der Waals surface area contributed by atoms with Crippen molar-refractivity contribution in [3.8, 4) is 0 Å². The Kier molecular flexibility index (Phi) is 5.58. The molecule has 0 aromatic carbocycles. The molecule has 0 spiro atoms. The molecular formula is C12H22O3. The van der Waals surface area contributed by atoms with Crippen molar-refractivity contribution in [2.24, 2.45) is 5.92 Å². The molecule has 88 valence electrons. The summed E-state index contributed by atoms with van der Waals surface area (Å²) in [7, 11) is 0. The van der Waals surface area contributed by atoms with Gasteiger partial charge in [-0.25, -0.2) is 4.79 Å². The lowest BCUT2D eigenvalue weighted by Crippen LogP contribution is -2.33. The van der Waals surface area contributed by atoms with Crippen molar-refractivity contribution < 1.29 is 14.3 Å². The Morgan fingerprint density at radius 2 is 1.93 bits per heavy atom. The minimum atomic E-state index is -0.435. The van der Waals surface area contributed by atoms with E-state index in [1.165, 1.54) is 0 Å². The van der Waals surface area contributed by atoms with Gasteiger partial charge in [0, 0.05) is 12.2 Å². The normalized spacial score (nSPS) is 11.6. The van der Waals surface area contributed by atoms with Gasteiger partial charge < -0.3 is 9.47 Å². The van der Waals surface area contributed by atoms with E-state index < -0.39 is 5.60 Å². The van der Waals surface area contributed by atoms with Crippen molar-refractivity contribution in [2.75, 3.05) is 13.2 Å². The summed E-state index contributed by atoms with van der Waals surface area (Å²) >= 11 is 0. The minimum absolute atomic E-state index is 0.255. The van der Waals surface area contributed by atoms with Crippen LogP contribution in [0, 0.1) is 5.92 Å². The molecule has 0 aromatic heterocycles. The van der Waals surface area contributed by atoms with Gasteiger partial charge in [0.05, 0.1) is 5.60 Å². The Balaban J connectivity index is 3.93. The minimum Gasteiger partial charge on any atom is -0.459 e. The van der Waals surface area contributed by atoms with Gasteiger partial charge in [-0.2, -0.15) is 0 Å². The van der Waals surface area contributed by atoms with E-state index in [4.69, 9.17) is 9.47 Å². The Hall–Kier alpha value is -0.830. The van der Waals surface area contributed by atoms with Crippen LogP contribution in [0.2, 0.25) is 0 Å². The lowest BCUT2D eigenvalue weighted by Gasteiger charge is -2.25. The van der Waals surface area contributed by atoms with Crippen LogP contribution in [0.1, 0.15) is 34.6 Å². The van der Waals surface area contributed by atoms with Crippen LogP contribution in [0.15, 0.2) is 12.2 Å². The van der Waals surface area contributed by atoms with Crippen molar-refractivity contribution in [1.82, 2.24) is 0 Å². The van der Waals surface area contributed by atoms with Crippen LogP contribution < -0.4 is 0 Å². The molecule has 0 radical (unpaired) electrons. The maximum Gasteiger partial charge on any atom is 0.333 e. The van der Waals surface area contributed by atoms with Crippen molar-refractivity contribution in [1.29, 1.82) is 0 Å². The summed E-state index contributed by atoms with van der Waals surface area (Å²) in [5.41, 5.74) is -0.0234. The molecule has 3 heteroatoms. The van der Waals surface area contributed by atoms with Crippen LogP contribution in [-0.4, -0.2) is 24.8 Å². The summed E-state index contributed by atoms with van der Waals surface area (Å²) in [6.07, 6.45) is 0. The molecule has 0 bridgehead atoms. The van der Waals surface area contributed by atoms with Gasteiger partial charge >= 0.3 is 5.97 Å². The molecule has 0 aliphatic rings. The predicted molar refractivity (Wildman–Crippen MR) is 60.6 cm³/mol. The van der Waals surface area contributed by atoms with E-state index >= 15 is 0 Å². The SMILES string of the molecule is C=C(C)C(=O)OCC(C)(C)OCC(C)C. The van der Waals surface area contributed by atoms with Gasteiger partial charge in [-0.1, -0.05) is 20.4 Å². The molecule has 0 aliphatic carbocycles. The maximum absolute atomic E-state index is 11.2. The van der Waals surface area contributed by atoms with Gasteiger partial charge in [0.1, 0.15) is 6.61 Å². The lowest BCUT2D eigenvalue weighted by atomic mass is 10.1. The Labute approximate surface area is 92.5 Å². The summed E-state index contributed by atoms with van der Waals surface area (Å²) < 4.78 is 10.7. The van der Waals surface area contributed by atoms with Gasteiger partial charge in [-0.05, 0) is 26.7 Å². The number of carbonyl (C=O) groups excluding carboxylic acids is 1. The fourth-order valence-electron chi connectivity index (χ4n) is 0.796.